The highest BCUT2D eigenvalue weighted by molar-refractivity contribution is 5.95. The van der Waals surface area contributed by atoms with Crippen LogP contribution in [0, 0.1) is 13.8 Å². The smallest absolute Gasteiger partial charge is 0.328 e. The Morgan fingerprint density at radius 3 is 2.05 bits per heavy atom. The van der Waals surface area contributed by atoms with Crippen molar-refractivity contribution in [2.45, 2.75) is 33.6 Å². The molecule has 0 saturated heterocycles. The summed E-state index contributed by atoms with van der Waals surface area (Å²) < 4.78 is 0. The second-order valence-electron chi connectivity index (χ2n) is 5.97. The lowest BCUT2D eigenvalue weighted by molar-refractivity contribution is -0.131. The summed E-state index contributed by atoms with van der Waals surface area (Å²) in [5.41, 5.74) is 6.21. The fourth-order valence-electron chi connectivity index (χ4n) is 2.41. The van der Waals surface area contributed by atoms with Crippen LogP contribution in [0.15, 0.2) is 48.5 Å². The molecule has 22 heavy (non-hydrogen) atoms. The number of aliphatic carboxylic acids is 1. The third kappa shape index (κ3) is 3.64. The molecule has 0 amide bonds. The van der Waals surface area contributed by atoms with Gasteiger partial charge in [-0.15, -0.1) is 0 Å². The topological polar surface area (TPSA) is 37.3 Å². The first-order valence-corrected chi connectivity index (χ1v) is 7.51. The lowest BCUT2D eigenvalue weighted by atomic mass is 9.93. The molecule has 0 aliphatic rings. The Labute approximate surface area is 132 Å². The molecule has 0 atom stereocenters. The molecule has 0 fully saturated rings. The van der Waals surface area contributed by atoms with Crippen LogP contribution < -0.4 is 0 Å². The van der Waals surface area contributed by atoms with E-state index in [1.165, 1.54) is 17.2 Å². The van der Waals surface area contributed by atoms with Crippen molar-refractivity contribution in [3.63, 3.8) is 0 Å². The summed E-state index contributed by atoms with van der Waals surface area (Å²) in [5, 5.41) is 9.20. The molecule has 0 aliphatic heterocycles. The van der Waals surface area contributed by atoms with Gasteiger partial charge in [-0.05, 0) is 53.2 Å². The molecule has 2 rings (SSSR count). The maximum absolute atomic E-state index is 11.2. The first-order chi connectivity index (χ1) is 10.4. The normalized spacial score (nSPS) is 11.8. The molecule has 0 unspecified atom stereocenters. The fourth-order valence-corrected chi connectivity index (χ4v) is 2.41. The van der Waals surface area contributed by atoms with Gasteiger partial charge in [0.1, 0.15) is 0 Å². The Hall–Kier alpha value is -2.35. The van der Waals surface area contributed by atoms with Crippen LogP contribution in [0.5, 0.6) is 0 Å². The Morgan fingerprint density at radius 2 is 1.55 bits per heavy atom. The van der Waals surface area contributed by atoms with E-state index in [-0.39, 0.29) is 0 Å². The van der Waals surface area contributed by atoms with Crippen LogP contribution in [-0.4, -0.2) is 11.1 Å². The van der Waals surface area contributed by atoms with E-state index in [0.717, 1.165) is 22.3 Å². The van der Waals surface area contributed by atoms with Crippen molar-refractivity contribution in [3.05, 3.63) is 76.4 Å². The van der Waals surface area contributed by atoms with Crippen LogP contribution in [-0.2, 0) is 4.79 Å². The van der Waals surface area contributed by atoms with Gasteiger partial charge in [0.15, 0.2) is 0 Å². The van der Waals surface area contributed by atoms with Crippen LogP contribution in [0.4, 0.5) is 0 Å². The molecule has 2 heteroatoms. The zero-order valence-electron chi connectivity index (χ0n) is 13.6. The van der Waals surface area contributed by atoms with Gasteiger partial charge in [0.2, 0.25) is 0 Å². The molecule has 0 bridgehead atoms. The number of hydrogen-bond acceptors (Lipinski definition) is 1. The average molecular weight is 294 g/mol. The Kier molecular flexibility index (Phi) is 4.81. The summed E-state index contributed by atoms with van der Waals surface area (Å²) >= 11 is 0. The second kappa shape index (κ2) is 6.61. The number of hydrogen-bond donors (Lipinski definition) is 1. The van der Waals surface area contributed by atoms with E-state index in [1.54, 1.807) is 0 Å². The minimum Gasteiger partial charge on any atom is -0.478 e. The van der Waals surface area contributed by atoms with Gasteiger partial charge in [-0.25, -0.2) is 4.79 Å². The summed E-state index contributed by atoms with van der Waals surface area (Å²) in [7, 11) is 0. The van der Waals surface area contributed by atoms with Crippen molar-refractivity contribution < 1.29 is 9.90 Å². The minimum atomic E-state index is -0.929. The molecule has 1 N–H and O–H groups in total. The number of carboxylic acids is 1. The Morgan fingerprint density at radius 1 is 0.955 bits per heavy atom. The molecule has 0 aromatic heterocycles. The van der Waals surface area contributed by atoms with Crippen LogP contribution in [0.1, 0.15) is 47.6 Å². The van der Waals surface area contributed by atoms with Crippen LogP contribution in [0.3, 0.4) is 0 Å². The highest BCUT2D eigenvalue weighted by Crippen LogP contribution is 2.26. The van der Waals surface area contributed by atoms with Gasteiger partial charge in [-0.3, -0.25) is 0 Å². The van der Waals surface area contributed by atoms with E-state index in [1.807, 2.05) is 37.3 Å². The highest BCUT2D eigenvalue weighted by atomic mass is 16.4. The predicted molar refractivity (Wildman–Crippen MR) is 91.2 cm³/mol. The van der Waals surface area contributed by atoms with Gasteiger partial charge in [0.05, 0.1) is 0 Å². The lowest BCUT2D eigenvalue weighted by Gasteiger charge is -2.12. The van der Waals surface area contributed by atoms with Gasteiger partial charge in [0, 0.05) is 6.08 Å². The van der Waals surface area contributed by atoms with E-state index in [2.05, 4.69) is 32.9 Å². The zero-order valence-corrected chi connectivity index (χ0v) is 13.6. The predicted octanol–water partition coefficient (Wildman–Crippen LogP) is 4.94. The number of carbonyl (C=O) groups is 1. The Balaban J connectivity index is 2.51. The molecule has 0 heterocycles. The minimum absolute atomic E-state index is 0.461. The standard InChI is InChI=1S/C20H22O2/c1-13(2)16-7-9-17(10-8-16)19(12-20(21)22)18-6-5-14(3)15(4)11-18/h5-13H,1-4H3,(H,21,22)/b19-12-. The molecule has 0 saturated carbocycles. The summed E-state index contributed by atoms with van der Waals surface area (Å²) in [6.07, 6.45) is 1.29. The molecule has 2 aromatic carbocycles. The Bertz CT molecular complexity index is 707. The van der Waals surface area contributed by atoms with E-state index >= 15 is 0 Å². The van der Waals surface area contributed by atoms with Crippen LogP contribution >= 0.6 is 0 Å². The van der Waals surface area contributed by atoms with Gasteiger partial charge in [0.25, 0.3) is 0 Å². The van der Waals surface area contributed by atoms with E-state index in [0.29, 0.717) is 5.92 Å². The van der Waals surface area contributed by atoms with Crippen molar-refractivity contribution in [1.29, 1.82) is 0 Å². The quantitative estimate of drug-likeness (QED) is 0.811. The second-order valence-corrected chi connectivity index (χ2v) is 5.97. The van der Waals surface area contributed by atoms with Crippen molar-refractivity contribution in [2.75, 3.05) is 0 Å². The van der Waals surface area contributed by atoms with Gasteiger partial charge < -0.3 is 5.11 Å². The summed E-state index contributed by atoms with van der Waals surface area (Å²) in [6, 6.07) is 14.2. The molecule has 0 radical (unpaired) electrons. The number of aryl methyl sites for hydroxylation is 2. The molecule has 114 valence electrons. The average Bonchev–Trinajstić information content (AvgIpc) is 2.48. The summed E-state index contributed by atoms with van der Waals surface area (Å²) in [6.45, 7) is 8.38. The molecule has 0 spiro atoms. The lowest BCUT2D eigenvalue weighted by Crippen LogP contribution is -1.97. The van der Waals surface area contributed by atoms with Crippen LogP contribution in [0.2, 0.25) is 0 Å². The largest absolute Gasteiger partial charge is 0.478 e. The summed E-state index contributed by atoms with van der Waals surface area (Å²) in [4.78, 5) is 11.2. The molecular weight excluding hydrogens is 272 g/mol. The first kappa shape index (κ1) is 16.0. The van der Waals surface area contributed by atoms with Crippen LogP contribution in [0.25, 0.3) is 5.57 Å². The first-order valence-electron chi connectivity index (χ1n) is 7.51. The summed E-state index contributed by atoms with van der Waals surface area (Å²) in [5.74, 6) is -0.469. The highest BCUT2D eigenvalue weighted by Gasteiger charge is 2.09. The maximum atomic E-state index is 11.2. The molecule has 2 nitrogen and oxygen atoms in total. The third-order valence-electron chi connectivity index (χ3n) is 3.97. The molecule has 2 aromatic rings. The maximum Gasteiger partial charge on any atom is 0.328 e. The van der Waals surface area contributed by atoms with Gasteiger partial charge >= 0.3 is 5.97 Å². The zero-order chi connectivity index (χ0) is 16.3. The monoisotopic (exact) mass is 294 g/mol. The molecular formula is C20H22O2. The van der Waals surface area contributed by atoms with Gasteiger partial charge in [-0.1, -0.05) is 56.3 Å². The van der Waals surface area contributed by atoms with Crippen molar-refractivity contribution in [3.8, 4) is 0 Å². The van der Waals surface area contributed by atoms with Crippen molar-refractivity contribution in [1.82, 2.24) is 0 Å². The number of benzene rings is 2. The van der Waals surface area contributed by atoms with Crippen molar-refractivity contribution >= 4 is 11.5 Å². The fraction of sp³-hybridized carbons (Fsp3) is 0.250. The van der Waals surface area contributed by atoms with E-state index < -0.39 is 5.97 Å². The van der Waals surface area contributed by atoms with E-state index in [9.17, 15) is 9.90 Å². The SMILES string of the molecule is Cc1ccc(/C(=C\C(=O)O)c2ccc(C(C)C)cc2)cc1C. The van der Waals surface area contributed by atoms with Crippen molar-refractivity contribution in [2.24, 2.45) is 0 Å². The third-order valence-corrected chi connectivity index (χ3v) is 3.97. The molecule has 0 aliphatic carbocycles. The number of rotatable bonds is 4. The number of carboxylic acid groups (broad SMARTS) is 1. The van der Waals surface area contributed by atoms with E-state index in [4.69, 9.17) is 0 Å². The van der Waals surface area contributed by atoms with Gasteiger partial charge in [-0.2, -0.15) is 0 Å².